The van der Waals surface area contributed by atoms with Gasteiger partial charge in [-0.25, -0.2) is 5.53 Å². The first-order valence-electron chi connectivity index (χ1n) is 9.26. The zero-order valence-electron chi connectivity index (χ0n) is 16.4. The minimum atomic E-state index is -0.271. The third kappa shape index (κ3) is 4.26. The molecule has 1 aromatic heterocycles. The Morgan fingerprint density at radius 3 is 2.71 bits per heavy atom. The maximum atomic E-state index is 9.40. The van der Waals surface area contributed by atoms with Gasteiger partial charge in [-0.15, -0.1) is 0 Å². The van der Waals surface area contributed by atoms with Gasteiger partial charge >= 0.3 is 0 Å². The molecule has 3 rings (SSSR count). The lowest BCUT2D eigenvalue weighted by molar-refractivity contribution is 0.171. The van der Waals surface area contributed by atoms with Gasteiger partial charge in [0.05, 0.1) is 5.69 Å². The summed E-state index contributed by atoms with van der Waals surface area (Å²) in [6.07, 6.45) is 0.875. The Bertz CT molecular complexity index is 965. The third-order valence-corrected chi connectivity index (χ3v) is 4.62. The quantitative estimate of drug-likeness (QED) is 0.474. The highest BCUT2D eigenvalue weighted by Crippen LogP contribution is 2.32. The molecule has 3 N–H and O–H groups in total. The molecule has 28 heavy (non-hydrogen) atoms. The minimum Gasteiger partial charge on any atom is -0.396 e. The molecule has 0 fully saturated rings. The zero-order chi connectivity index (χ0) is 20.1. The van der Waals surface area contributed by atoms with Gasteiger partial charge in [0.2, 0.25) is 5.82 Å². The summed E-state index contributed by atoms with van der Waals surface area (Å²) in [5.41, 5.74) is 11.2. The lowest BCUT2D eigenvalue weighted by Gasteiger charge is -2.23. The van der Waals surface area contributed by atoms with E-state index in [1.54, 1.807) is 6.07 Å². The summed E-state index contributed by atoms with van der Waals surface area (Å²) in [6, 6.07) is 13.4. The van der Waals surface area contributed by atoms with Crippen LogP contribution in [0, 0.1) is 10.9 Å². The smallest absolute Gasteiger partial charge is 0.258 e. The molecule has 3 aromatic rings. The van der Waals surface area contributed by atoms with Gasteiger partial charge in [0.15, 0.2) is 0 Å². The van der Waals surface area contributed by atoms with Crippen LogP contribution >= 0.6 is 0 Å². The van der Waals surface area contributed by atoms with E-state index in [0.717, 1.165) is 28.8 Å². The summed E-state index contributed by atoms with van der Waals surface area (Å²) in [5.74, 6) is 0.928. The lowest BCUT2D eigenvalue weighted by atomic mass is 9.95. The number of nitrogens with one attached hydrogen (secondary N) is 2. The van der Waals surface area contributed by atoms with Crippen LogP contribution < -0.4 is 5.32 Å². The predicted octanol–water partition coefficient (Wildman–Crippen LogP) is 5.06. The van der Waals surface area contributed by atoms with Crippen molar-refractivity contribution >= 4 is 11.4 Å². The molecule has 0 atom stereocenters. The molecule has 7 nitrogen and oxygen atoms in total. The highest BCUT2D eigenvalue weighted by molar-refractivity contribution is 5.73. The van der Waals surface area contributed by atoms with Crippen LogP contribution in [-0.2, 0) is 6.42 Å². The molecule has 146 valence electrons. The van der Waals surface area contributed by atoms with E-state index in [-0.39, 0.29) is 12.0 Å². The number of rotatable bonds is 8. The summed E-state index contributed by atoms with van der Waals surface area (Å²) in [4.78, 5) is 4.53. The van der Waals surface area contributed by atoms with E-state index in [1.807, 2.05) is 50.2 Å². The fraction of sp³-hybridized carbons (Fsp3) is 0.333. The molecule has 0 spiro atoms. The van der Waals surface area contributed by atoms with Crippen LogP contribution in [0.5, 0.6) is 0 Å². The number of benzene rings is 2. The molecule has 0 aliphatic heterocycles. The summed E-state index contributed by atoms with van der Waals surface area (Å²) in [5, 5.41) is 20.4. The van der Waals surface area contributed by atoms with Crippen molar-refractivity contribution in [2.24, 2.45) is 10.5 Å². The normalized spacial score (nSPS) is 11.4. The number of aliphatic hydroxyl groups is 1. The van der Waals surface area contributed by atoms with Crippen molar-refractivity contribution in [1.29, 1.82) is 5.53 Å². The lowest BCUT2D eigenvalue weighted by Crippen LogP contribution is -2.26. The van der Waals surface area contributed by atoms with Gasteiger partial charge in [-0.3, -0.25) is 0 Å². The monoisotopic (exact) mass is 379 g/mol. The highest BCUT2D eigenvalue weighted by Gasteiger charge is 2.18. The van der Waals surface area contributed by atoms with Crippen LogP contribution in [0.15, 0.2) is 52.1 Å². The van der Waals surface area contributed by atoms with Gasteiger partial charge < -0.3 is 14.9 Å². The molecule has 0 aliphatic carbocycles. The second kappa shape index (κ2) is 8.31. The van der Waals surface area contributed by atoms with Gasteiger partial charge in [-0.2, -0.15) is 10.1 Å². The molecular formula is C21H25N5O2. The topological polar surface area (TPSA) is 107 Å². The Kier molecular flexibility index (Phi) is 5.84. The standard InChI is InChI=1S/C21H25N5O2/c1-4-14-7-5-6-8-16(14)20-24-19(26-28-20)15-9-10-17(18(11-15)25-22)23-12-21(2,3)13-27/h5-11,22-23,27H,4,12-13H2,1-3H3. The first-order valence-corrected chi connectivity index (χ1v) is 9.26. The van der Waals surface area contributed by atoms with Gasteiger partial charge in [-0.05, 0) is 36.2 Å². The third-order valence-electron chi connectivity index (χ3n) is 4.62. The molecule has 0 amide bonds. The van der Waals surface area contributed by atoms with Crippen molar-refractivity contribution < 1.29 is 9.63 Å². The molecule has 0 saturated carbocycles. The van der Waals surface area contributed by atoms with Crippen molar-refractivity contribution in [1.82, 2.24) is 10.1 Å². The molecule has 1 heterocycles. The molecule has 2 aromatic carbocycles. The van der Waals surface area contributed by atoms with E-state index < -0.39 is 0 Å². The summed E-state index contributed by atoms with van der Waals surface area (Å²) in [6.45, 7) is 6.63. The van der Waals surface area contributed by atoms with Crippen molar-refractivity contribution in [3.63, 3.8) is 0 Å². The average molecular weight is 379 g/mol. The summed E-state index contributed by atoms with van der Waals surface area (Å²) in [7, 11) is 0. The fourth-order valence-corrected chi connectivity index (χ4v) is 2.79. The van der Waals surface area contributed by atoms with Gasteiger partial charge in [-0.1, -0.05) is 44.1 Å². The fourth-order valence-electron chi connectivity index (χ4n) is 2.79. The molecular weight excluding hydrogens is 354 g/mol. The Hall–Kier alpha value is -3.06. The van der Waals surface area contributed by atoms with Crippen molar-refractivity contribution in [2.75, 3.05) is 18.5 Å². The molecule has 0 bridgehead atoms. The maximum Gasteiger partial charge on any atom is 0.258 e. The van der Waals surface area contributed by atoms with Crippen LogP contribution in [0.3, 0.4) is 0 Å². The Balaban J connectivity index is 1.87. The maximum absolute atomic E-state index is 9.40. The number of aryl methyl sites for hydroxylation is 1. The van der Waals surface area contributed by atoms with Crippen molar-refractivity contribution in [2.45, 2.75) is 27.2 Å². The van der Waals surface area contributed by atoms with Gasteiger partial charge in [0, 0.05) is 29.7 Å². The van der Waals surface area contributed by atoms with E-state index in [9.17, 15) is 5.11 Å². The second-order valence-electron chi connectivity index (χ2n) is 7.45. The minimum absolute atomic E-state index is 0.0658. The number of anilines is 1. The zero-order valence-corrected chi connectivity index (χ0v) is 16.4. The van der Waals surface area contributed by atoms with Crippen LogP contribution in [0.25, 0.3) is 22.8 Å². The van der Waals surface area contributed by atoms with Crippen LogP contribution in [0.1, 0.15) is 26.3 Å². The van der Waals surface area contributed by atoms with Gasteiger partial charge in [0.25, 0.3) is 5.89 Å². The van der Waals surface area contributed by atoms with E-state index in [1.165, 1.54) is 0 Å². The first kappa shape index (κ1) is 19.7. The number of hydrogen-bond donors (Lipinski definition) is 3. The Labute approximate surface area is 164 Å². The number of aliphatic hydroxyl groups excluding tert-OH is 1. The second-order valence-corrected chi connectivity index (χ2v) is 7.45. The number of aromatic nitrogens is 2. The largest absolute Gasteiger partial charge is 0.396 e. The molecule has 0 saturated heterocycles. The number of hydrogen-bond acceptors (Lipinski definition) is 7. The van der Waals surface area contributed by atoms with Crippen LogP contribution in [0.2, 0.25) is 0 Å². The SMILES string of the molecule is CCc1ccccc1-c1nc(-c2ccc(NCC(C)(C)CO)c(N=N)c2)no1. The van der Waals surface area contributed by atoms with E-state index in [2.05, 4.69) is 27.5 Å². The first-order chi connectivity index (χ1) is 13.5. The van der Waals surface area contributed by atoms with Crippen LogP contribution in [0.4, 0.5) is 11.4 Å². The summed E-state index contributed by atoms with van der Waals surface area (Å²) >= 11 is 0. The Morgan fingerprint density at radius 2 is 2.00 bits per heavy atom. The van der Waals surface area contributed by atoms with Crippen molar-refractivity contribution in [3.05, 3.63) is 48.0 Å². The predicted molar refractivity (Wildman–Crippen MR) is 109 cm³/mol. The summed E-state index contributed by atoms with van der Waals surface area (Å²) < 4.78 is 5.48. The molecule has 0 unspecified atom stereocenters. The average Bonchev–Trinajstić information content (AvgIpc) is 3.22. The molecule has 0 radical (unpaired) electrons. The van der Waals surface area contributed by atoms with Gasteiger partial charge in [0.1, 0.15) is 5.69 Å². The highest BCUT2D eigenvalue weighted by atomic mass is 16.5. The van der Waals surface area contributed by atoms with E-state index in [4.69, 9.17) is 10.1 Å². The van der Waals surface area contributed by atoms with E-state index >= 15 is 0 Å². The van der Waals surface area contributed by atoms with Crippen molar-refractivity contribution in [3.8, 4) is 22.8 Å². The molecule has 7 heteroatoms. The Morgan fingerprint density at radius 1 is 1.21 bits per heavy atom. The number of nitrogens with zero attached hydrogens (tertiary/aromatic N) is 3. The molecule has 0 aliphatic rings. The van der Waals surface area contributed by atoms with E-state index in [0.29, 0.717) is 23.9 Å². The van der Waals surface area contributed by atoms with Crippen LogP contribution in [-0.4, -0.2) is 28.4 Å².